The summed E-state index contributed by atoms with van der Waals surface area (Å²) >= 11 is 0. The molecule has 0 radical (unpaired) electrons. The summed E-state index contributed by atoms with van der Waals surface area (Å²) < 4.78 is 7.05. The largest absolute Gasteiger partial charge is 0.481 e. The van der Waals surface area contributed by atoms with Gasteiger partial charge < -0.3 is 10.1 Å². The summed E-state index contributed by atoms with van der Waals surface area (Å²) in [4.78, 5) is 8.32. The van der Waals surface area contributed by atoms with Gasteiger partial charge in [-0.1, -0.05) is 0 Å². The SMILES string of the molecule is CCn1cc(CC(NC)c2cc(OC)ncn2)cn1. The van der Waals surface area contributed by atoms with Crippen LogP contribution in [0.5, 0.6) is 5.88 Å². The van der Waals surface area contributed by atoms with E-state index in [0.29, 0.717) is 5.88 Å². The average Bonchev–Trinajstić information content (AvgIpc) is 2.92. The van der Waals surface area contributed by atoms with Crippen LogP contribution in [0.25, 0.3) is 0 Å². The first-order valence-corrected chi connectivity index (χ1v) is 6.31. The highest BCUT2D eigenvalue weighted by molar-refractivity contribution is 5.19. The van der Waals surface area contributed by atoms with Gasteiger partial charge in [0.1, 0.15) is 6.33 Å². The van der Waals surface area contributed by atoms with Crippen molar-refractivity contribution in [2.45, 2.75) is 25.9 Å². The van der Waals surface area contributed by atoms with Crippen LogP contribution >= 0.6 is 0 Å². The molecule has 0 aliphatic heterocycles. The molecule has 2 heterocycles. The number of aromatic nitrogens is 4. The fraction of sp³-hybridized carbons (Fsp3) is 0.462. The lowest BCUT2D eigenvalue weighted by Crippen LogP contribution is -2.20. The molecule has 0 aliphatic rings. The molecule has 102 valence electrons. The number of aryl methyl sites for hydroxylation is 1. The van der Waals surface area contributed by atoms with E-state index in [1.807, 2.05) is 24.0 Å². The van der Waals surface area contributed by atoms with Gasteiger partial charge in [-0.05, 0) is 26.0 Å². The molecule has 0 amide bonds. The van der Waals surface area contributed by atoms with Gasteiger partial charge in [0.2, 0.25) is 5.88 Å². The molecule has 2 aromatic heterocycles. The van der Waals surface area contributed by atoms with E-state index in [-0.39, 0.29) is 6.04 Å². The fourth-order valence-electron chi connectivity index (χ4n) is 1.93. The van der Waals surface area contributed by atoms with Crippen molar-refractivity contribution in [1.82, 2.24) is 25.1 Å². The van der Waals surface area contributed by atoms with Crippen molar-refractivity contribution in [3.8, 4) is 5.88 Å². The Bertz CT molecular complexity index is 525. The molecular formula is C13H19N5O. The molecule has 2 rings (SSSR count). The Morgan fingerprint density at radius 1 is 1.42 bits per heavy atom. The Morgan fingerprint density at radius 3 is 2.89 bits per heavy atom. The second-order valence-electron chi connectivity index (χ2n) is 4.23. The monoisotopic (exact) mass is 261 g/mol. The van der Waals surface area contributed by atoms with Gasteiger partial charge in [0, 0.05) is 18.8 Å². The summed E-state index contributed by atoms with van der Waals surface area (Å²) in [7, 11) is 3.52. The summed E-state index contributed by atoms with van der Waals surface area (Å²) in [5.74, 6) is 0.578. The Morgan fingerprint density at radius 2 is 2.26 bits per heavy atom. The Hall–Kier alpha value is -1.95. The van der Waals surface area contributed by atoms with Gasteiger partial charge in [-0.2, -0.15) is 5.10 Å². The predicted molar refractivity (Wildman–Crippen MR) is 72.0 cm³/mol. The van der Waals surface area contributed by atoms with E-state index >= 15 is 0 Å². The van der Waals surface area contributed by atoms with Crippen LogP contribution in [0, 0.1) is 0 Å². The lowest BCUT2D eigenvalue weighted by molar-refractivity contribution is 0.394. The number of hydrogen-bond acceptors (Lipinski definition) is 5. The number of hydrogen-bond donors (Lipinski definition) is 1. The van der Waals surface area contributed by atoms with E-state index in [0.717, 1.165) is 18.7 Å². The minimum atomic E-state index is 0.117. The Labute approximate surface area is 112 Å². The van der Waals surface area contributed by atoms with Crippen molar-refractivity contribution >= 4 is 0 Å². The zero-order chi connectivity index (χ0) is 13.7. The van der Waals surface area contributed by atoms with E-state index in [2.05, 4.69) is 33.5 Å². The van der Waals surface area contributed by atoms with E-state index < -0.39 is 0 Å². The van der Waals surface area contributed by atoms with Gasteiger partial charge >= 0.3 is 0 Å². The minimum Gasteiger partial charge on any atom is -0.481 e. The van der Waals surface area contributed by atoms with Crippen LogP contribution in [0.3, 0.4) is 0 Å². The second-order valence-corrected chi connectivity index (χ2v) is 4.23. The van der Waals surface area contributed by atoms with Crippen molar-refractivity contribution in [3.05, 3.63) is 36.0 Å². The number of rotatable bonds is 6. The molecule has 0 aliphatic carbocycles. The number of likely N-dealkylation sites (N-methyl/N-ethyl adjacent to an activating group) is 1. The maximum Gasteiger partial charge on any atom is 0.216 e. The van der Waals surface area contributed by atoms with Gasteiger partial charge in [-0.25, -0.2) is 9.97 Å². The third-order valence-corrected chi connectivity index (χ3v) is 3.03. The van der Waals surface area contributed by atoms with Crippen molar-refractivity contribution in [2.24, 2.45) is 0 Å². The molecular weight excluding hydrogens is 242 g/mol. The summed E-state index contributed by atoms with van der Waals surface area (Å²) in [6.07, 6.45) is 6.31. The number of ether oxygens (including phenoxy) is 1. The van der Waals surface area contributed by atoms with E-state index in [1.54, 1.807) is 7.11 Å². The number of nitrogens with zero attached hydrogens (tertiary/aromatic N) is 4. The maximum atomic E-state index is 5.13. The van der Waals surface area contributed by atoms with Crippen molar-refractivity contribution in [1.29, 1.82) is 0 Å². The molecule has 2 aromatic rings. The molecule has 6 heteroatoms. The van der Waals surface area contributed by atoms with Crippen molar-refractivity contribution < 1.29 is 4.74 Å². The van der Waals surface area contributed by atoms with E-state index in [1.165, 1.54) is 11.9 Å². The van der Waals surface area contributed by atoms with Crippen LogP contribution in [0.4, 0.5) is 0 Å². The Balaban J connectivity index is 2.14. The first-order valence-electron chi connectivity index (χ1n) is 6.31. The summed E-state index contributed by atoms with van der Waals surface area (Å²) in [5, 5.41) is 7.54. The molecule has 0 spiro atoms. The summed E-state index contributed by atoms with van der Waals surface area (Å²) in [6.45, 7) is 2.95. The molecule has 1 atom stereocenters. The molecule has 0 saturated heterocycles. The number of nitrogens with one attached hydrogen (secondary N) is 1. The fourth-order valence-corrected chi connectivity index (χ4v) is 1.93. The van der Waals surface area contributed by atoms with Crippen LogP contribution in [0.2, 0.25) is 0 Å². The quantitative estimate of drug-likeness (QED) is 0.846. The molecule has 0 fully saturated rings. The number of methoxy groups -OCH3 is 1. The molecule has 1 unspecified atom stereocenters. The van der Waals surface area contributed by atoms with Crippen molar-refractivity contribution in [2.75, 3.05) is 14.2 Å². The van der Waals surface area contributed by atoms with Gasteiger partial charge in [0.15, 0.2) is 0 Å². The average molecular weight is 261 g/mol. The van der Waals surface area contributed by atoms with Crippen LogP contribution < -0.4 is 10.1 Å². The maximum absolute atomic E-state index is 5.13. The van der Waals surface area contributed by atoms with E-state index in [4.69, 9.17) is 4.74 Å². The molecule has 0 saturated carbocycles. The van der Waals surface area contributed by atoms with Crippen LogP contribution in [-0.4, -0.2) is 33.9 Å². The highest BCUT2D eigenvalue weighted by Crippen LogP contribution is 2.18. The standard InChI is InChI=1S/C13H19N5O/c1-4-18-8-10(7-17-18)5-11(14-2)12-6-13(19-3)16-9-15-12/h6-9,11,14H,4-5H2,1-3H3. The highest BCUT2D eigenvalue weighted by atomic mass is 16.5. The van der Waals surface area contributed by atoms with Gasteiger partial charge in [-0.3, -0.25) is 4.68 Å². The summed E-state index contributed by atoms with van der Waals surface area (Å²) in [6, 6.07) is 1.97. The van der Waals surface area contributed by atoms with Gasteiger partial charge in [-0.15, -0.1) is 0 Å². The first-order chi connectivity index (χ1) is 9.26. The first kappa shape index (κ1) is 13.5. The third kappa shape index (κ3) is 3.29. The zero-order valence-corrected chi connectivity index (χ0v) is 11.5. The normalized spacial score (nSPS) is 12.4. The van der Waals surface area contributed by atoms with Crippen LogP contribution in [-0.2, 0) is 13.0 Å². The summed E-state index contributed by atoms with van der Waals surface area (Å²) in [5.41, 5.74) is 2.09. The molecule has 6 nitrogen and oxygen atoms in total. The molecule has 0 bridgehead atoms. The lowest BCUT2D eigenvalue weighted by Gasteiger charge is -2.14. The predicted octanol–water partition coefficient (Wildman–Crippen LogP) is 1.20. The minimum absolute atomic E-state index is 0.117. The second kappa shape index (κ2) is 6.29. The molecule has 1 N–H and O–H groups in total. The highest BCUT2D eigenvalue weighted by Gasteiger charge is 2.14. The lowest BCUT2D eigenvalue weighted by atomic mass is 10.1. The smallest absolute Gasteiger partial charge is 0.216 e. The molecule has 0 aromatic carbocycles. The van der Waals surface area contributed by atoms with Gasteiger partial charge in [0.25, 0.3) is 0 Å². The topological polar surface area (TPSA) is 64.9 Å². The zero-order valence-electron chi connectivity index (χ0n) is 11.5. The third-order valence-electron chi connectivity index (χ3n) is 3.03. The van der Waals surface area contributed by atoms with Crippen LogP contribution in [0.1, 0.15) is 24.2 Å². The van der Waals surface area contributed by atoms with Crippen LogP contribution in [0.15, 0.2) is 24.8 Å². The Kier molecular flexibility index (Phi) is 4.46. The van der Waals surface area contributed by atoms with E-state index in [9.17, 15) is 0 Å². The van der Waals surface area contributed by atoms with Gasteiger partial charge in [0.05, 0.1) is 25.0 Å². The van der Waals surface area contributed by atoms with Crippen molar-refractivity contribution in [3.63, 3.8) is 0 Å². The molecule has 19 heavy (non-hydrogen) atoms.